The summed E-state index contributed by atoms with van der Waals surface area (Å²) in [7, 11) is 0. The molecule has 0 atom stereocenters. The Morgan fingerprint density at radius 3 is 2.58 bits per heavy atom. The average Bonchev–Trinajstić information content (AvgIpc) is 2.46. The third-order valence-corrected chi connectivity index (χ3v) is 2.54. The van der Waals surface area contributed by atoms with E-state index in [9.17, 15) is 5.11 Å². The summed E-state index contributed by atoms with van der Waals surface area (Å²) in [6.45, 7) is 4.39. The van der Waals surface area contributed by atoms with Crippen molar-refractivity contribution >= 4 is 0 Å². The van der Waals surface area contributed by atoms with E-state index in [2.05, 4.69) is 6.58 Å². The molecule has 2 aromatic carbocycles. The van der Waals surface area contributed by atoms with Gasteiger partial charge >= 0.3 is 0 Å². The van der Waals surface area contributed by atoms with Gasteiger partial charge in [0.1, 0.15) is 19.0 Å². The predicted octanol–water partition coefficient (Wildman–Crippen LogP) is 3.54. The van der Waals surface area contributed by atoms with Crippen molar-refractivity contribution in [2.75, 3.05) is 6.61 Å². The van der Waals surface area contributed by atoms with Crippen LogP contribution < -0.4 is 9.47 Å². The first-order valence-corrected chi connectivity index (χ1v) is 6.03. The quantitative estimate of drug-likeness (QED) is 0.803. The second kappa shape index (κ2) is 6.50. The molecule has 98 valence electrons. The lowest BCUT2D eigenvalue weighted by Crippen LogP contribution is -1.97. The van der Waals surface area contributed by atoms with Crippen LogP contribution in [0.2, 0.25) is 0 Å². The van der Waals surface area contributed by atoms with Crippen molar-refractivity contribution < 1.29 is 14.6 Å². The molecule has 0 amide bonds. The third kappa shape index (κ3) is 3.78. The second-order valence-electron chi connectivity index (χ2n) is 4.00. The van der Waals surface area contributed by atoms with Crippen LogP contribution in [0.3, 0.4) is 0 Å². The molecular formula is C16H16O3. The first-order valence-electron chi connectivity index (χ1n) is 6.03. The number of hydrogen-bond acceptors (Lipinski definition) is 3. The molecule has 3 nitrogen and oxygen atoms in total. The predicted molar refractivity (Wildman–Crippen MR) is 74.6 cm³/mol. The minimum absolute atomic E-state index is 0.0916. The van der Waals surface area contributed by atoms with E-state index < -0.39 is 0 Å². The molecule has 0 saturated carbocycles. The van der Waals surface area contributed by atoms with Gasteiger partial charge in [-0.05, 0) is 17.7 Å². The Hall–Kier alpha value is -2.42. The van der Waals surface area contributed by atoms with Crippen molar-refractivity contribution in [1.82, 2.24) is 0 Å². The van der Waals surface area contributed by atoms with Crippen molar-refractivity contribution in [2.24, 2.45) is 0 Å². The molecule has 2 aromatic rings. The van der Waals surface area contributed by atoms with E-state index >= 15 is 0 Å². The van der Waals surface area contributed by atoms with Gasteiger partial charge in [0.05, 0.1) is 0 Å². The van der Waals surface area contributed by atoms with E-state index in [4.69, 9.17) is 9.47 Å². The Balaban J connectivity index is 2.02. The number of phenols is 1. The fourth-order valence-electron chi connectivity index (χ4n) is 1.59. The van der Waals surface area contributed by atoms with Crippen molar-refractivity contribution in [3.05, 3.63) is 66.7 Å². The molecule has 3 heteroatoms. The van der Waals surface area contributed by atoms with E-state index in [-0.39, 0.29) is 5.75 Å². The van der Waals surface area contributed by atoms with Crippen molar-refractivity contribution in [2.45, 2.75) is 6.61 Å². The van der Waals surface area contributed by atoms with Gasteiger partial charge in [0.2, 0.25) is 0 Å². The number of aromatic hydroxyl groups is 1. The SMILES string of the molecule is C=CCOc1cc(OCc2ccccc2)ccc1O. The summed E-state index contributed by atoms with van der Waals surface area (Å²) in [5, 5.41) is 9.63. The maximum Gasteiger partial charge on any atom is 0.165 e. The summed E-state index contributed by atoms with van der Waals surface area (Å²) in [5.74, 6) is 1.14. The van der Waals surface area contributed by atoms with Crippen molar-refractivity contribution in [1.29, 1.82) is 0 Å². The summed E-state index contributed by atoms with van der Waals surface area (Å²) >= 11 is 0. The second-order valence-corrected chi connectivity index (χ2v) is 4.00. The highest BCUT2D eigenvalue weighted by Gasteiger charge is 2.04. The summed E-state index contributed by atoms with van der Waals surface area (Å²) < 4.78 is 11.0. The summed E-state index contributed by atoms with van der Waals surface area (Å²) in [6.07, 6.45) is 1.62. The molecule has 2 rings (SSSR count). The van der Waals surface area contributed by atoms with E-state index in [1.54, 1.807) is 24.3 Å². The van der Waals surface area contributed by atoms with Crippen LogP contribution in [-0.2, 0) is 6.61 Å². The van der Waals surface area contributed by atoms with Crippen LogP contribution in [-0.4, -0.2) is 11.7 Å². The van der Waals surface area contributed by atoms with Crippen LogP contribution in [0.5, 0.6) is 17.2 Å². The fraction of sp³-hybridized carbons (Fsp3) is 0.125. The topological polar surface area (TPSA) is 38.7 Å². The number of hydrogen-bond donors (Lipinski definition) is 1. The van der Waals surface area contributed by atoms with E-state index in [1.165, 1.54) is 0 Å². The highest BCUT2D eigenvalue weighted by Crippen LogP contribution is 2.30. The van der Waals surface area contributed by atoms with Crippen LogP contribution in [0, 0.1) is 0 Å². The maximum atomic E-state index is 9.63. The molecule has 0 aliphatic carbocycles. The van der Waals surface area contributed by atoms with Crippen LogP contribution in [0.25, 0.3) is 0 Å². The van der Waals surface area contributed by atoms with Gasteiger partial charge in [0.25, 0.3) is 0 Å². The van der Waals surface area contributed by atoms with Gasteiger partial charge in [-0.25, -0.2) is 0 Å². The van der Waals surface area contributed by atoms with Crippen LogP contribution in [0.1, 0.15) is 5.56 Å². The fourth-order valence-corrected chi connectivity index (χ4v) is 1.59. The Bertz CT molecular complexity index is 535. The summed E-state index contributed by atoms with van der Waals surface area (Å²) in [4.78, 5) is 0. The molecule has 0 heterocycles. The maximum absolute atomic E-state index is 9.63. The molecule has 0 fully saturated rings. The lowest BCUT2D eigenvalue weighted by molar-refractivity contribution is 0.297. The lowest BCUT2D eigenvalue weighted by atomic mass is 10.2. The highest BCUT2D eigenvalue weighted by molar-refractivity contribution is 5.44. The van der Waals surface area contributed by atoms with Crippen LogP contribution >= 0.6 is 0 Å². The van der Waals surface area contributed by atoms with Gasteiger partial charge in [0, 0.05) is 6.07 Å². The minimum atomic E-state index is 0.0916. The molecular weight excluding hydrogens is 240 g/mol. The number of rotatable bonds is 6. The van der Waals surface area contributed by atoms with Gasteiger partial charge < -0.3 is 14.6 Å². The molecule has 1 N–H and O–H groups in total. The number of benzene rings is 2. The lowest BCUT2D eigenvalue weighted by Gasteiger charge is -2.10. The molecule has 0 aromatic heterocycles. The van der Waals surface area contributed by atoms with Crippen LogP contribution in [0.4, 0.5) is 0 Å². The molecule has 0 bridgehead atoms. The minimum Gasteiger partial charge on any atom is -0.504 e. The first kappa shape index (κ1) is 13.0. The molecule has 0 spiro atoms. The molecule has 0 unspecified atom stereocenters. The van der Waals surface area contributed by atoms with Gasteiger partial charge in [-0.15, -0.1) is 0 Å². The van der Waals surface area contributed by atoms with E-state index in [0.29, 0.717) is 24.7 Å². The largest absolute Gasteiger partial charge is 0.504 e. The van der Waals surface area contributed by atoms with Gasteiger partial charge in [-0.1, -0.05) is 43.0 Å². The summed E-state index contributed by atoms with van der Waals surface area (Å²) in [5.41, 5.74) is 1.09. The Labute approximate surface area is 112 Å². The number of phenolic OH excluding ortho intramolecular Hbond substituents is 1. The standard InChI is InChI=1S/C16H16O3/c1-2-10-18-16-11-14(8-9-15(16)17)19-12-13-6-4-3-5-7-13/h2-9,11,17H,1,10,12H2. The van der Waals surface area contributed by atoms with Crippen molar-refractivity contribution in [3.8, 4) is 17.2 Å². The Morgan fingerprint density at radius 2 is 1.84 bits per heavy atom. The first-order chi connectivity index (χ1) is 9.29. The molecule has 19 heavy (non-hydrogen) atoms. The monoisotopic (exact) mass is 256 g/mol. The van der Waals surface area contributed by atoms with Gasteiger partial charge in [-0.3, -0.25) is 0 Å². The zero-order valence-corrected chi connectivity index (χ0v) is 10.6. The van der Waals surface area contributed by atoms with Crippen molar-refractivity contribution in [3.63, 3.8) is 0 Å². The molecule has 0 aliphatic rings. The number of ether oxygens (including phenoxy) is 2. The third-order valence-electron chi connectivity index (χ3n) is 2.54. The molecule has 0 aliphatic heterocycles. The Kier molecular flexibility index (Phi) is 4.45. The van der Waals surface area contributed by atoms with Crippen LogP contribution in [0.15, 0.2) is 61.2 Å². The zero-order chi connectivity index (χ0) is 13.5. The highest BCUT2D eigenvalue weighted by atomic mass is 16.5. The molecule has 0 radical (unpaired) electrons. The van der Waals surface area contributed by atoms with Gasteiger partial charge in [0.15, 0.2) is 11.5 Å². The smallest absolute Gasteiger partial charge is 0.165 e. The Morgan fingerprint density at radius 1 is 1.05 bits per heavy atom. The van der Waals surface area contributed by atoms with E-state index in [1.807, 2.05) is 30.3 Å². The van der Waals surface area contributed by atoms with Gasteiger partial charge in [-0.2, -0.15) is 0 Å². The normalized spacial score (nSPS) is 9.89. The average molecular weight is 256 g/mol. The molecule has 0 saturated heterocycles. The zero-order valence-electron chi connectivity index (χ0n) is 10.6. The van der Waals surface area contributed by atoms with E-state index in [0.717, 1.165) is 5.56 Å². The summed E-state index contributed by atoms with van der Waals surface area (Å²) in [6, 6.07) is 14.8.